The van der Waals surface area contributed by atoms with Gasteiger partial charge in [-0.05, 0) is 11.2 Å². The Bertz CT molecular complexity index is 174. The van der Waals surface area contributed by atoms with Gasteiger partial charge in [0.2, 0.25) is 0 Å². The molecule has 0 saturated carbocycles. The van der Waals surface area contributed by atoms with Crippen LogP contribution in [0.25, 0.3) is 0 Å². The third-order valence-corrected chi connectivity index (χ3v) is 2.05. The van der Waals surface area contributed by atoms with Crippen LogP contribution in [0.4, 0.5) is 0 Å². The molecule has 1 nitrogen and oxygen atoms in total. The second-order valence-electron chi connectivity index (χ2n) is 2.14. The van der Waals surface area contributed by atoms with Gasteiger partial charge in [0.15, 0.2) is 7.28 Å². The van der Waals surface area contributed by atoms with Crippen molar-refractivity contribution in [1.82, 2.24) is 4.98 Å². The average Bonchev–Trinajstić information content (AvgIpc) is 2.05. The number of hydrogen-bond acceptors (Lipinski definition) is 1. The van der Waals surface area contributed by atoms with E-state index in [1.54, 1.807) is 0 Å². The van der Waals surface area contributed by atoms with Crippen LogP contribution in [0.15, 0.2) is 18.3 Å². The van der Waals surface area contributed by atoms with E-state index >= 15 is 0 Å². The molecule has 1 rings (SSSR count). The average molecular weight is 198 g/mol. The SMILES string of the molecule is CBc1ccc(CBr)cn1. The van der Waals surface area contributed by atoms with Crippen LogP contribution in [0.1, 0.15) is 5.56 Å². The largest absolute Gasteiger partial charge is 0.271 e. The molecular weight excluding hydrogens is 189 g/mol. The van der Waals surface area contributed by atoms with Crippen molar-refractivity contribution in [3.05, 3.63) is 23.9 Å². The maximum atomic E-state index is 4.24. The molecule has 0 aliphatic heterocycles. The molecule has 10 heavy (non-hydrogen) atoms. The van der Waals surface area contributed by atoms with Crippen molar-refractivity contribution in [1.29, 1.82) is 0 Å². The zero-order valence-electron chi connectivity index (χ0n) is 5.97. The lowest BCUT2D eigenvalue weighted by atomic mass is 9.77. The molecule has 1 aromatic rings. The maximum absolute atomic E-state index is 4.24. The molecule has 1 aromatic heterocycles. The summed E-state index contributed by atoms with van der Waals surface area (Å²) in [6.45, 7) is 2.11. The van der Waals surface area contributed by atoms with Gasteiger partial charge in [-0.1, -0.05) is 34.9 Å². The van der Waals surface area contributed by atoms with Gasteiger partial charge >= 0.3 is 0 Å². The van der Waals surface area contributed by atoms with Crippen molar-refractivity contribution in [3.63, 3.8) is 0 Å². The van der Waals surface area contributed by atoms with Crippen LogP contribution in [0.3, 0.4) is 0 Å². The van der Waals surface area contributed by atoms with E-state index in [9.17, 15) is 0 Å². The van der Waals surface area contributed by atoms with Crippen molar-refractivity contribution in [2.75, 3.05) is 0 Å². The maximum Gasteiger partial charge on any atom is 0.179 e. The highest BCUT2D eigenvalue weighted by Gasteiger charge is 1.91. The van der Waals surface area contributed by atoms with E-state index in [0.29, 0.717) is 0 Å². The summed E-state index contributed by atoms with van der Waals surface area (Å²) < 4.78 is 0. The standard InChI is InChI=1S/C7H9BBrN/c1-8-7-3-2-6(4-9)5-10-7/h2-3,5,8H,4H2,1H3. The highest BCUT2D eigenvalue weighted by Crippen LogP contribution is 1.99. The molecule has 0 amide bonds. The number of rotatable bonds is 2. The van der Waals surface area contributed by atoms with E-state index in [1.165, 1.54) is 5.56 Å². The quantitative estimate of drug-likeness (QED) is 0.511. The number of aromatic nitrogens is 1. The lowest BCUT2D eigenvalue weighted by molar-refractivity contribution is 1.29. The first-order valence-corrected chi connectivity index (χ1v) is 4.48. The fourth-order valence-electron chi connectivity index (χ4n) is 0.743. The summed E-state index contributed by atoms with van der Waals surface area (Å²) in [4.78, 5) is 4.24. The molecule has 0 bridgehead atoms. The Balaban J connectivity index is 2.80. The molecule has 0 atom stereocenters. The molecule has 0 unspecified atom stereocenters. The fourth-order valence-corrected chi connectivity index (χ4v) is 1.07. The minimum absolute atomic E-state index is 0.893. The Hall–Kier alpha value is -0.305. The second kappa shape index (κ2) is 3.76. The minimum Gasteiger partial charge on any atom is -0.271 e. The molecule has 0 aromatic carbocycles. The summed E-state index contributed by atoms with van der Waals surface area (Å²) in [6, 6.07) is 4.16. The summed E-state index contributed by atoms with van der Waals surface area (Å²) in [7, 11) is 1.02. The molecule has 0 spiro atoms. The van der Waals surface area contributed by atoms with Crippen molar-refractivity contribution >= 4 is 28.8 Å². The Morgan fingerprint density at radius 1 is 1.60 bits per heavy atom. The second-order valence-corrected chi connectivity index (χ2v) is 2.71. The van der Waals surface area contributed by atoms with Crippen molar-refractivity contribution in [3.8, 4) is 0 Å². The van der Waals surface area contributed by atoms with Crippen LogP contribution >= 0.6 is 15.9 Å². The Morgan fingerprint density at radius 3 is 2.80 bits per heavy atom. The van der Waals surface area contributed by atoms with Crippen LogP contribution < -0.4 is 5.59 Å². The van der Waals surface area contributed by atoms with Gasteiger partial charge in [0.05, 0.1) is 0 Å². The zero-order valence-corrected chi connectivity index (χ0v) is 7.56. The summed E-state index contributed by atoms with van der Waals surface area (Å²) in [5.74, 6) is 0. The smallest absolute Gasteiger partial charge is 0.179 e. The molecule has 0 aliphatic carbocycles. The predicted molar refractivity (Wildman–Crippen MR) is 49.5 cm³/mol. The van der Waals surface area contributed by atoms with E-state index in [0.717, 1.165) is 18.2 Å². The van der Waals surface area contributed by atoms with Gasteiger partial charge in [0, 0.05) is 11.5 Å². The molecule has 0 radical (unpaired) electrons. The monoisotopic (exact) mass is 197 g/mol. The van der Waals surface area contributed by atoms with Gasteiger partial charge in [0.25, 0.3) is 0 Å². The van der Waals surface area contributed by atoms with Gasteiger partial charge in [-0.15, -0.1) is 0 Å². The predicted octanol–water partition coefficient (Wildman–Crippen LogP) is 1.09. The van der Waals surface area contributed by atoms with E-state index in [-0.39, 0.29) is 0 Å². The number of nitrogens with zero attached hydrogens (tertiary/aromatic N) is 1. The molecule has 52 valence electrons. The Labute approximate surface area is 70.2 Å². The molecular formula is C7H9BBrN. The topological polar surface area (TPSA) is 12.9 Å². The summed E-state index contributed by atoms with van der Waals surface area (Å²) in [5, 5.41) is 0.893. The number of alkyl halides is 1. The Morgan fingerprint density at radius 2 is 2.40 bits per heavy atom. The third-order valence-electron chi connectivity index (χ3n) is 1.40. The normalized spacial score (nSPS) is 9.40. The summed E-state index contributed by atoms with van der Waals surface area (Å²) in [6.07, 6.45) is 1.91. The van der Waals surface area contributed by atoms with Crippen molar-refractivity contribution in [2.24, 2.45) is 0 Å². The van der Waals surface area contributed by atoms with Crippen LogP contribution in [0.5, 0.6) is 0 Å². The third kappa shape index (κ3) is 1.84. The highest BCUT2D eigenvalue weighted by atomic mass is 79.9. The summed E-state index contributed by atoms with van der Waals surface area (Å²) in [5.41, 5.74) is 2.39. The molecule has 1 heterocycles. The lowest BCUT2D eigenvalue weighted by Crippen LogP contribution is -2.14. The number of pyridine rings is 1. The van der Waals surface area contributed by atoms with Gasteiger partial charge in [-0.25, -0.2) is 0 Å². The van der Waals surface area contributed by atoms with Crippen LogP contribution in [0.2, 0.25) is 6.82 Å². The van der Waals surface area contributed by atoms with Gasteiger partial charge in [-0.2, -0.15) is 0 Å². The van der Waals surface area contributed by atoms with E-state index < -0.39 is 0 Å². The van der Waals surface area contributed by atoms with Crippen molar-refractivity contribution in [2.45, 2.75) is 12.2 Å². The highest BCUT2D eigenvalue weighted by molar-refractivity contribution is 9.08. The first-order valence-electron chi connectivity index (χ1n) is 3.36. The van der Waals surface area contributed by atoms with Crippen LogP contribution in [0, 0.1) is 0 Å². The molecule has 0 fully saturated rings. The minimum atomic E-state index is 0.893. The number of halogens is 1. The molecule has 0 saturated heterocycles. The zero-order chi connectivity index (χ0) is 7.40. The lowest BCUT2D eigenvalue weighted by Gasteiger charge is -1.95. The molecule has 0 N–H and O–H groups in total. The van der Waals surface area contributed by atoms with Gasteiger partial charge < -0.3 is 0 Å². The number of hydrogen-bond donors (Lipinski definition) is 0. The fraction of sp³-hybridized carbons (Fsp3) is 0.286. The summed E-state index contributed by atoms with van der Waals surface area (Å²) >= 11 is 3.36. The molecule has 3 heteroatoms. The van der Waals surface area contributed by atoms with Crippen LogP contribution in [-0.4, -0.2) is 12.3 Å². The van der Waals surface area contributed by atoms with Gasteiger partial charge in [0.1, 0.15) is 0 Å². The van der Waals surface area contributed by atoms with Crippen LogP contribution in [-0.2, 0) is 5.33 Å². The first kappa shape index (κ1) is 7.80. The van der Waals surface area contributed by atoms with Crippen molar-refractivity contribution < 1.29 is 0 Å². The Kier molecular flexibility index (Phi) is 2.94. The first-order chi connectivity index (χ1) is 4.86. The van der Waals surface area contributed by atoms with Gasteiger partial charge in [-0.3, -0.25) is 4.98 Å². The van der Waals surface area contributed by atoms with E-state index in [4.69, 9.17) is 0 Å². The van der Waals surface area contributed by atoms with E-state index in [2.05, 4.69) is 39.9 Å². The van der Waals surface area contributed by atoms with E-state index in [1.807, 2.05) is 6.20 Å². The molecule has 0 aliphatic rings.